The summed E-state index contributed by atoms with van der Waals surface area (Å²) in [4.78, 5) is 25.5. The number of carbonyl (C=O) groups is 2. The number of carbonyl (C=O) groups excluding carboxylic acids is 2. The van der Waals surface area contributed by atoms with Gasteiger partial charge in [-0.2, -0.15) is 0 Å². The van der Waals surface area contributed by atoms with Crippen LogP contribution in [0.1, 0.15) is 51.9 Å². The van der Waals surface area contributed by atoms with E-state index in [4.69, 9.17) is 4.74 Å². The third kappa shape index (κ3) is 5.46. The second kappa shape index (κ2) is 8.11. The van der Waals surface area contributed by atoms with E-state index in [0.29, 0.717) is 19.4 Å². The Morgan fingerprint density at radius 1 is 1.30 bits per heavy atom. The van der Waals surface area contributed by atoms with E-state index in [0.717, 1.165) is 31.6 Å². The van der Waals surface area contributed by atoms with Gasteiger partial charge in [0, 0.05) is 20.1 Å². The molecule has 6 nitrogen and oxygen atoms in total. The lowest BCUT2D eigenvalue weighted by molar-refractivity contribution is -0.148. The van der Waals surface area contributed by atoms with Crippen molar-refractivity contribution in [1.29, 1.82) is 0 Å². The van der Waals surface area contributed by atoms with E-state index in [2.05, 4.69) is 12.2 Å². The second-order valence-electron chi connectivity index (χ2n) is 7.19. The number of piperidine rings is 1. The Bertz CT molecular complexity index is 421. The molecule has 1 aliphatic heterocycles. The molecule has 0 spiro atoms. The van der Waals surface area contributed by atoms with Crippen molar-refractivity contribution in [2.45, 2.75) is 63.6 Å². The summed E-state index contributed by atoms with van der Waals surface area (Å²) in [6.07, 6.45) is 5.85. The molecule has 23 heavy (non-hydrogen) atoms. The van der Waals surface area contributed by atoms with Crippen LogP contribution in [0.2, 0.25) is 0 Å². The molecular weight excluding hydrogens is 296 g/mol. The topological polar surface area (TPSA) is 78.9 Å². The largest absolute Gasteiger partial charge is 0.388 e. The first-order chi connectivity index (χ1) is 10.9. The minimum absolute atomic E-state index is 0.0364. The highest BCUT2D eigenvalue weighted by molar-refractivity contribution is 5.79. The molecular formula is C17H30N2O4. The molecule has 0 radical (unpaired) electrons. The molecule has 132 valence electrons. The third-order valence-electron chi connectivity index (χ3n) is 5.08. The average molecular weight is 326 g/mol. The van der Waals surface area contributed by atoms with Gasteiger partial charge in [-0.15, -0.1) is 0 Å². The van der Waals surface area contributed by atoms with Crippen LogP contribution in [0.5, 0.6) is 0 Å². The number of ether oxygens (including phenoxy) is 1. The van der Waals surface area contributed by atoms with Crippen LogP contribution in [-0.4, -0.2) is 60.3 Å². The quantitative estimate of drug-likeness (QED) is 0.792. The summed E-state index contributed by atoms with van der Waals surface area (Å²) in [5.41, 5.74) is -1.12. The summed E-state index contributed by atoms with van der Waals surface area (Å²) in [5, 5.41) is 13.1. The van der Waals surface area contributed by atoms with E-state index < -0.39 is 5.60 Å². The molecule has 1 aliphatic carbocycles. The van der Waals surface area contributed by atoms with Crippen LogP contribution in [-0.2, 0) is 14.3 Å². The van der Waals surface area contributed by atoms with Gasteiger partial charge in [-0.25, -0.2) is 0 Å². The monoisotopic (exact) mass is 326 g/mol. The van der Waals surface area contributed by atoms with Crippen molar-refractivity contribution in [3.8, 4) is 0 Å². The van der Waals surface area contributed by atoms with Crippen LogP contribution in [0.4, 0.5) is 0 Å². The van der Waals surface area contributed by atoms with Gasteiger partial charge >= 0.3 is 0 Å². The fraction of sp³-hybridized carbons (Fsp3) is 0.882. The first kappa shape index (κ1) is 18.2. The fourth-order valence-corrected chi connectivity index (χ4v) is 3.53. The number of rotatable bonds is 5. The summed E-state index contributed by atoms with van der Waals surface area (Å²) in [7, 11) is 1.55. The van der Waals surface area contributed by atoms with Gasteiger partial charge < -0.3 is 20.1 Å². The number of hydrogen-bond acceptors (Lipinski definition) is 4. The van der Waals surface area contributed by atoms with Gasteiger partial charge in [-0.3, -0.25) is 9.59 Å². The maximum Gasteiger partial charge on any atom is 0.248 e. The van der Waals surface area contributed by atoms with Gasteiger partial charge in [0.1, 0.15) is 6.61 Å². The lowest BCUT2D eigenvalue weighted by Crippen LogP contribution is -2.53. The Kier molecular flexibility index (Phi) is 6.41. The zero-order valence-electron chi connectivity index (χ0n) is 14.3. The predicted molar refractivity (Wildman–Crippen MR) is 86.8 cm³/mol. The molecule has 0 bridgehead atoms. The summed E-state index contributed by atoms with van der Waals surface area (Å²) >= 11 is 0. The van der Waals surface area contributed by atoms with E-state index in [1.807, 2.05) is 0 Å². The van der Waals surface area contributed by atoms with Crippen molar-refractivity contribution in [2.75, 3.05) is 26.7 Å². The molecule has 6 heteroatoms. The normalized spacial score (nSPS) is 31.7. The summed E-state index contributed by atoms with van der Waals surface area (Å²) < 4.78 is 5.76. The number of amides is 2. The molecule has 2 rings (SSSR count). The van der Waals surface area contributed by atoms with E-state index in [9.17, 15) is 14.7 Å². The molecule has 2 amide bonds. The Morgan fingerprint density at radius 2 is 2.00 bits per heavy atom. The van der Waals surface area contributed by atoms with E-state index in [1.165, 1.54) is 0 Å². The molecule has 1 heterocycles. The summed E-state index contributed by atoms with van der Waals surface area (Å²) in [6.45, 7) is 3.17. The van der Waals surface area contributed by atoms with Gasteiger partial charge in [-0.05, 0) is 44.4 Å². The minimum Gasteiger partial charge on any atom is -0.388 e. The van der Waals surface area contributed by atoms with Crippen LogP contribution >= 0.6 is 0 Å². The molecule has 0 aromatic heterocycles. The van der Waals surface area contributed by atoms with E-state index >= 15 is 0 Å². The van der Waals surface area contributed by atoms with Crippen molar-refractivity contribution in [1.82, 2.24) is 10.2 Å². The SMILES string of the molecule is CNC(=O)CC1(O)CCCN(C(=O)COC2CCC(C)CC2)C1. The summed E-state index contributed by atoms with van der Waals surface area (Å²) in [5.74, 6) is 0.473. The van der Waals surface area contributed by atoms with Gasteiger partial charge in [-0.1, -0.05) is 6.92 Å². The lowest BCUT2D eigenvalue weighted by atomic mass is 9.89. The van der Waals surface area contributed by atoms with Crippen LogP contribution in [0.25, 0.3) is 0 Å². The van der Waals surface area contributed by atoms with E-state index in [-0.39, 0.29) is 37.5 Å². The Labute approximate surface area is 138 Å². The molecule has 1 saturated carbocycles. The van der Waals surface area contributed by atoms with Crippen molar-refractivity contribution >= 4 is 11.8 Å². The molecule has 2 aliphatic rings. The maximum atomic E-state index is 12.3. The number of likely N-dealkylation sites (tertiary alicyclic amines) is 1. The Balaban J connectivity index is 1.78. The highest BCUT2D eigenvalue weighted by Gasteiger charge is 2.37. The first-order valence-electron chi connectivity index (χ1n) is 8.74. The molecule has 1 saturated heterocycles. The number of aliphatic hydroxyl groups is 1. The second-order valence-corrected chi connectivity index (χ2v) is 7.19. The van der Waals surface area contributed by atoms with Gasteiger partial charge in [0.25, 0.3) is 0 Å². The molecule has 0 aromatic rings. The summed E-state index contributed by atoms with van der Waals surface area (Å²) in [6, 6.07) is 0. The Morgan fingerprint density at radius 3 is 2.65 bits per heavy atom. The number of nitrogens with zero attached hydrogens (tertiary/aromatic N) is 1. The highest BCUT2D eigenvalue weighted by atomic mass is 16.5. The van der Waals surface area contributed by atoms with Crippen molar-refractivity contribution in [3.05, 3.63) is 0 Å². The molecule has 2 N–H and O–H groups in total. The average Bonchev–Trinajstić information content (AvgIpc) is 2.53. The van der Waals surface area contributed by atoms with Gasteiger partial charge in [0.05, 0.1) is 18.1 Å². The van der Waals surface area contributed by atoms with Crippen LogP contribution < -0.4 is 5.32 Å². The standard InChI is InChI=1S/C17H30N2O4/c1-13-4-6-14(7-5-13)23-11-16(21)19-9-3-8-17(22,12-19)10-15(20)18-2/h13-14,22H,3-12H2,1-2H3,(H,18,20). The molecule has 2 fully saturated rings. The van der Waals surface area contributed by atoms with Crippen LogP contribution in [0, 0.1) is 5.92 Å². The number of nitrogens with one attached hydrogen (secondary N) is 1. The molecule has 1 atom stereocenters. The predicted octanol–water partition coefficient (Wildman–Crippen LogP) is 1.07. The smallest absolute Gasteiger partial charge is 0.248 e. The van der Waals surface area contributed by atoms with Crippen LogP contribution in [0.3, 0.4) is 0 Å². The van der Waals surface area contributed by atoms with Gasteiger partial charge in [0.2, 0.25) is 11.8 Å². The van der Waals surface area contributed by atoms with Crippen molar-refractivity contribution in [2.24, 2.45) is 5.92 Å². The number of β-amino-alcohol motifs (C(OH)–C–C–N with tert-alkyl or cyclic N) is 1. The molecule has 0 aromatic carbocycles. The van der Waals surface area contributed by atoms with Crippen molar-refractivity contribution in [3.63, 3.8) is 0 Å². The lowest BCUT2D eigenvalue weighted by Gasteiger charge is -2.39. The molecule has 1 unspecified atom stereocenters. The fourth-order valence-electron chi connectivity index (χ4n) is 3.53. The maximum absolute atomic E-state index is 12.3. The van der Waals surface area contributed by atoms with E-state index in [1.54, 1.807) is 11.9 Å². The first-order valence-corrected chi connectivity index (χ1v) is 8.74. The minimum atomic E-state index is -1.12. The van der Waals surface area contributed by atoms with Crippen LogP contribution in [0.15, 0.2) is 0 Å². The van der Waals surface area contributed by atoms with Gasteiger partial charge in [0.15, 0.2) is 0 Å². The number of hydrogen-bond donors (Lipinski definition) is 2. The Hall–Kier alpha value is -1.14. The zero-order chi connectivity index (χ0) is 16.9. The third-order valence-corrected chi connectivity index (χ3v) is 5.08. The zero-order valence-corrected chi connectivity index (χ0v) is 14.3. The van der Waals surface area contributed by atoms with Crippen molar-refractivity contribution < 1.29 is 19.4 Å². The highest BCUT2D eigenvalue weighted by Crippen LogP contribution is 2.27.